The smallest absolute Gasteiger partial charge is 0.242 e. The molecule has 3 atom stereocenters. The van der Waals surface area contributed by atoms with Gasteiger partial charge in [0, 0.05) is 17.4 Å². The van der Waals surface area contributed by atoms with Gasteiger partial charge in [-0.2, -0.15) is 11.3 Å². The monoisotopic (exact) mass is 512 g/mol. The van der Waals surface area contributed by atoms with E-state index in [0.717, 1.165) is 11.5 Å². The molecule has 0 radical (unpaired) electrons. The van der Waals surface area contributed by atoms with Crippen LogP contribution in [0.1, 0.15) is 37.4 Å². The molecule has 1 aliphatic heterocycles. The van der Waals surface area contributed by atoms with Crippen molar-refractivity contribution in [1.29, 1.82) is 0 Å². The minimum atomic E-state index is -1.03. The number of nitrogens with one attached hydrogen (secondary N) is 1. The summed E-state index contributed by atoms with van der Waals surface area (Å²) in [4.78, 5) is 32.2. The van der Waals surface area contributed by atoms with E-state index in [-0.39, 0.29) is 18.1 Å². The molecule has 34 heavy (non-hydrogen) atoms. The molecule has 5 rings (SSSR count). The number of aromatic nitrogens is 1. The number of thiophene rings is 1. The van der Waals surface area contributed by atoms with Crippen LogP contribution in [0.15, 0.2) is 64.2 Å². The van der Waals surface area contributed by atoms with E-state index in [1.54, 1.807) is 6.07 Å². The highest BCUT2D eigenvalue weighted by atomic mass is 35.5. The molecule has 1 saturated heterocycles. The Kier molecular flexibility index (Phi) is 6.69. The van der Waals surface area contributed by atoms with Crippen molar-refractivity contribution in [3.8, 4) is 5.88 Å². The number of hydrogen-bond acceptors (Lipinski definition) is 6. The summed E-state index contributed by atoms with van der Waals surface area (Å²) in [5, 5.41) is 6.71. The Bertz CT molecular complexity index is 1180. The highest BCUT2D eigenvalue weighted by Gasteiger charge is 2.48. The van der Waals surface area contributed by atoms with Crippen LogP contribution in [0, 0.1) is 11.8 Å². The first kappa shape index (κ1) is 23.4. The number of rotatable bonds is 8. The molecule has 3 aromatic rings. The number of Topliss-reactive ketones (excluding diaryl/α,β-unsaturated/α-hetero) is 1. The molecule has 8 heteroatoms. The number of piperidine rings is 1. The second-order valence-electron chi connectivity index (χ2n) is 8.96. The van der Waals surface area contributed by atoms with Crippen molar-refractivity contribution >= 4 is 46.4 Å². The van der Waals surface area contributed by atoms with Crippen molar-refractivity contribution in [3.63, 3.8) is 0 Å². The largest absolute Gasteiger partial charge is 0.477 e. The average molecular weight is 513 g/mol. The molecule has 2 aromatic heterocycles. The molecule has 3 heterocycles. The molecular formula is C26H25ClN2O3S2. The van der Waals surface area contributed by atoms with E-state index >= 15 is 0 Å². The number of thioether (sulfide) groups is 1. The summed E-state index contributed by atoms with van der Waals surface area (Å²) in [5.41, 5.74) is 0.412. The molecule has 1 N–H and O–H groups in total. The lowest BCUT2D eigenvalue weighted by Crippen LogP contribution is -2.58. The van der Waals surface area contributed by atoms with Gasteiger partial charge in [-0.25, -0.2) is 4.98 Å². The number of ether oxygens (including phenoxy) is 1. The number of pyridine rings is 1. The average Bonchev–Trinajstić information content (AvgIpc) is 3.54. The maximum absolute atomic E-state index is 13.4. The van der Waals surface area contributed by atoms with Gasteiger partial charge in [0.05, 0.1) is 17.3 Å². The van der Waals surface area contributed by atoms with Crippen LogP contribution in [0.4, 0.5) is 0 Å². The van der Waals surface area contributed by atoms with Gasteiger partial charge in [0.25, 0.3) is 0 Å². The maximum Gasteiger partial charge on any atom is 0.242 e. The van der Waals surface area contributed by atoms with Gasteiger partial charge in [-0.3, -0.25) is 9.59 Å². The van der Waals surface area contributed by atoms with Gasteiger partial charge in [-0.15, -0.1) is 11.8 Å². The second kappa shape index (κ2) is 9.72. The van der Waals surface area contributed by atoms with Crippen molar-refractivity contribution in [1.82, 2.24) is 10.3 Å². The number of carbonyl (C=O) groups is 2. The minimum Gasteiger partial charge on any atom is -0.477 e. The maximum atomic E-state index is 13.4. The van der Waals surface area contributed by atoms with Gasteiger partial charge in [-0.1, -0.05) is 36.7 Å². The van der Waals surface area contributed by atoms with Gasteiger partial charge in [-0.05, 0) is 65.3 Å². The number of hydrogen-bond donors (Lipinski definition) is 1. The molecule has 5 nitrogen and oxygen atoms in total. The zero-order valence-electron chi connectivity index (χ0n) is 18.7. The first-order valence-corrected chi connectivity index (χ1v) is 13.6. The van der Waals surface area contributed by atoms with E-state index in [1.807, 2.05) is 53.2 Å². The summed E-state index contributed by atoms with van der Waals surface area (Å²) < 4.78 is 6.00. The lowest BCUT2D eigenvalue weighted by atomic mass is 9.79. The third-order valence-corrected chi connectivity index (χ3v) is 8.93. The molecule has 2 aliphatic rings. The molecule has 176 valence electrons. The number of amides is 1. The van der Waals surface area contributed by atoms with E-state index in [0.29, 0.717) is 34.0 Å². The predicted molar refractivity (Wildman–Crippen MR) is 136 cm³/mol. The highest BCUT2D eigenvalue weighted by Crippen LogP contribution is 2.41. The normalized spacial score (nSPS) is 23.4. The molecule has 1 aromatic carbocycles. The Morgan fingerprint density at radius 3 is 2.74 bits per heavy atom. The fourth-order valence-electron chi connectivity index (χ4n) is 4.34. The van der Waals surface area contributed by atoms with Crippen LogP contribution in [0.25, 0.3) is 0 Å². The SMILES string of the molecule is CC(COc1cccc(C2(c3ccsc3)CC(=O)C(Sc3ccccc3Cl)C(=O)N2)n1)C1CC1. The zero-order valence-corrected chi connectivity index (χ0v) is 21.1. The number of benzene rings is 1. The summed E-state index contributed by atoms with van der Waals surface area (Å²) >= 11 is 8.98. The molecule has 1 amide bonds. The van der Waals surface area contributed by atoms with Crippen LogP contribution in [0.3, 0.4) is 0 Å². The number of halogens is 1. The van der Waals surface area contributed by atoms with E-state index in [9.17, 15) is 9.59 Å². The van der Waals surface area contributed by atoms with Crippen molar-refractivity contribution in [3.05, 3.63) is 75.6 Å². The third-order valence-electron chi connectivity index (χ3n) is 6.48. The third kappa shape index (κ3) is 4.74. The molecule has 3 unspecified atom stereocenters. The van der Waals surface area contributed by atoms with Crippen molar-refractivity contribution in [2.24, 2.45) is 11.8 Å². The Morgan fingerprint density at radius 1 is 1.21 bits per heavy atom. The highest BCUT2D eigenvalue weighted by molar-refractivity contribution is 8.01. The number of carbonyl (C=O) groups excluding carboxylic acids is 2. The van der Waals surface area contributed by atoms with Crippen LogP contribution in [0.2, 0.25) is 5.02 Å². The number of nitrogens with zero attached hydrogens (tertiary/aromatic N) is 1. The summed E-state index contributed by atoms with van der Waals surface area (Å²) in [6.07, 6.45) is 2.63. The number of ketones is 1. The first-order valence-electron chi connectivity index (χ1n) is 11.4. The van der Waals surface area contributed by atoms with E-state index in [4.69, 9.17) is 21.3 Å². The summed E-state index contributed by atoms with van der Waals surface area (Å²) in [7, 11) is 0. The lowest BCUT2D eigenvalue weighted by molar-refractivity contribution is -0.133. The summed E-state index contributed by atoms with van der Waals surface area (Å²) in [6, 6.07) is 14.7. The molecular weight excluding hydrogens is 488 g/mol. The fourth-order valence-corrected chi connectivity index (χ4v) is 6.31. The van der Waals surface area contributed by atoms with Crippen molar-refractivity contribution < 1.29 is 14.3 Å². The van der Waals surface area contributed by atoms with E-state index in [2.05, 4.69) is 12.2 Å². The molecule has 0 spiro atoms. The topological polar surface area (TPSA) is 68.3 Å². The quantitative estimate of drug-likeness (QED) is 0.391. The van der Waals surface area contributed by atoms with Crippen LogP contribution in [-0.4, -0.2) is 28.5 Å². The Morgan fingerprint density at radius 2 is 2.03 bits per heavy atom. The van der Waals surface area contributed by atoms with Crippen LogP contribution < -0.4 is 10.1 Å². The molecule has 0 bridgehead atoms. The van der Waals surface area contributed by atoms with Gasteiger partial charge in [0.1, 0.15) is 10.8 Å². The minimum absolute atomic E-state index is 0.104. The van der Waals surface area contributed by atoms with Crippen LogP contribution in [-0.2, 0) is 15.1 Å². The Labute approximate surface area is 212 Å². The zero-order chi connectivity index (χ0) is 23.7. The second-order valence-corrected chi connectivity index (χ2v) is 11.3. The van der Waals surface area contributed by atoms with E-state index < -0.39 is 10.8 Å². The molecule has 1 aliphatic carbocycles. The first-order chi connectivity index (χ1) is 16.5. The van der Waals surface area contributed by atoms with Gasteiger partial charge in [0.15, 0.2) is 5.78 Å². The Balaban J connectivity index is 1.43. The van der Waals surface area contributed by atoms with Crippen LogP contribution in [0.5, 0.6) is 5.88 Å². The van der Waals surface area contributed by atoms with Gasteiger partial charge < -0.3 is 10.1 Å². The standard InChI is InChI=1S/C26H25ClN2O3S2/c1-16(17-9-10-17)14-32-23-8-4-7-22(28-23)26(18-11-12-33-15-18)13-20(30)24(25(31)29-26)34-21-6-3-2-5-19(21)27/h2-8,11-12,15-17,24H,9-10,13-14H2,1H3,(H,29,31). The van der Waals surface area contributed by atoms with E-state index in [1.165, 1.54) is 35.9 Å². The molecule has 1 saturated carbocycles. The Hall–Kier alpha value is -2.35. The lowest BCUT2D eigenvalue weighted by Gasteiger charge is -2.39. The fraction of sp³-hybridized carbons (Fsp3) is 0.346. The van der Waals surface area contributed by atoms with Crippen molar-refractivity contribution in [2.75, 3.05) is 6.61 Å². The van der Waals surface area contributed by atoms with Crippen molar-refractivity contribution in [2.45, 2.75) is 41.9 Å². The van der Waals surface area contributed by atoms with Gasteiger partial charge in [0.2, 0.25) is 11.8 Å². The summed E-state index contributed by atoms with van der Waals surface area (Å²) in [5.74, 6) is 1.23. The summed E-state index contributed by atoms with van der Waals surface area (Å²) in [6.45, 7) is 2.81. The molecule has 2 fully saturated rings. The van der Waals surface area contributed by atoms with Crippen LogP contribution >= 0.6 is 34.7 Å². The van der Waals surface area contributed by atoms with Gasteiger partial charge >= 0.3 is 0 Å². The predicted octanol–water partition coefficient (Wildman–Crippen LogP) is 5.71.